The van der Waals surface area contributed by atoms with Crippen LogP contribution in [0.1, 0.15) is 31.2 Å². The van der Waals surface area contributed by atoms with Crippen molar-refractivity contribution in [1.29, 1.82) is 0 Å². The van der Waals surface area contributed by atoms with Gasteiger partial charge in [0.1, 0.15) is 0 Å². The Morgan fingerprint density at radius 3 is 2.83 bits per heavy atom. The number of carbonyl (C=O) groups excluding carboxylic acids is 2. The monoisotopic (exact) mass is 335 g/mol. The van der Waals surface area contributed by atoms with Gasteiger partial charge in [0.15, 0.2) is 0 Å². The van der Waals surface area contributed by atoms with Crippen LogP contribution in [-0.4, -0.2) is 41.9 Å². The Morgan fingerprint density at radius 1 is 1.26 bits per heavy atom. The smallest absolute Gasteiger partial charge is 0.237 e. The third-order valence-corrected chi connectivity index (χ3v) is 4.55. The summed E-state index contributed by atoms with van der Waals surface area (Å²) in [5, 5.41) is 6.59. The van der Waals surface area contributed by atoms with E-state index in [1.807, 2.05) is 23.1 Å². The molecule has 0 aromatic heterocycles. The lowest BCUT2D eigenvalue weighted by molar-refractivity contribution is -0.127. The second kappa shape index (κ2) is 7.32. The van der Waals surface area contributed by atoms with Gasteiger partial charge in [-0.1, -0.05) is 23.7 Å². The summed E-state index contributed by atoms with van der Waals surface area (Å²) in [6.45, 7) is 1.52. The van der Waals surface area contributed by atoms with Gasteiger partial charge in [-0.15, -0.1) is 0 Å². The maximum absolute atomic E-state index is 12.2. The molecule has 1 saturated carbocycles. The molecule has 3 rings (SSSR count). The SMILES string of the molecule is O=C(CN1CCCC1C(=O)NC1CC1)NCc1cccc(Cl)c1. The first-order chi connectivity index (χ1) is 11.1. The van der Waals surface area contributed by atoms with Gasteiger partial charge in [-0.3, -0.25) is 14.5 Å². The number of amides is 2. The molecule has 2 N–H and O–H groups in total. The molecule has 2 fully saturated rings. The summed E-state index contributed by atoms with van der Waals surface area (Å²) >= 11 is 5.93. The summed E-state index contributed by atoms with van der Waals surface area (Å²) in [6, 6.07) is 7.63. The van der Waals surface area contributed by atoms with Crippen LogP contribution in [0.2, 0.25) is 5.02 Å². The maximum Gasteiger partial charge on any atom is 0.237 e. The average molecular weight is 336 g/mol. The van der Waals surface area contributed by atoms with Crippen molar-refractivity contribution >= 4 is 23.4 Å². The van der Waals surface area contributed by atoms with Gasteiger partial charge >= 0.3 is 0 Å². The van der Waals surface area contributed by atoms with Gasteiger partial charge in [-0.2, -0.15) is 0 Å². The molecule has 0 spiro atoms. The lowest BCUT2D eigenvalue weighted by Gasteiger charge is -2.23. The van der Waals surface area contributed by atoms with Crippen LogP contribution in [0.15, 0.2) is 24.3 Å². The molecular formula is C17H22ClN3O2. The lowest BCUT2D eigenvalue weighted by Crippen LogP contribution is -2.47. The number of carbonyl (C=O) groups is 2. The van der Waals surface area contributed by atoms with Gasteiger partial charge < -0.3 is 10.6 Å². The van der Waals surface area contributed by atoms with E-state index in [1.165, 1.54) is 0 Å². The fraction of sp³-hybridized carbons (Fsp3) is 0.529. The number of likely N-dealkylation sites (tertiary alicyclic amines) is 1. The zero-order chi connectivity index (χ0) is 16.2. The number of nitrogens with zero attached hydrogens (tertiary/aromatic N) is 1. The average Bonchev–Trinajstić information content (AvgIpc) is 3.21. The van der Waals surface area contributed by atoms with Crippen LogP contribution in [0.5, 0.6) is 0 Å². The van der Waals surface area contributed by atoms with Crippen molar-refractivity contribution in [2.75, 3.05) is 13.1 Å². The first kappa shape index (κ1) is 16.3. The molecule has 1 aromatic carbocycles. The quantitative estimate of drug-likeness (QED) is 0.832. The first-order valence-electron chi connectivity index (χ1n) is 8.17. The Kier molecular flexibility index (Phi) is 5.18. The van der Waals surface area contributed by atoms with Crippen molar-refractivity contribution in [3.05, 3.63) is 34.9 Å². The molecule has 2 aliphatic rings. The Bertz CT molecular complexity index is 589. The van der Waals surface area contributed by atoms with E-state index >= 15 is 0 Å². The van der Waals surface area contributed by atoms with Crippen LogP contribution in [0, 0.1) is 0 Å². The molecule has 0 bridgehead atoms. The summed E-state index contributed by atoms with van der Waals surface area (Å²) < 4.78 is 0. The van der Waals surface area contributed by atoms with Crippen LogP contribution in [0.3, 0.4) is 0 Å². The molecule has 1 aliphatic heterocycles. The topological polar surface area (TPSA) is 61.4 Å². The largest absolute Gasteiger partial charge is 0.352 e. The van der Waals surface area contributed by atoms with Crippen molar-refractivity contribution in [2.24, 2.45) is 0 Å². The molecule has 23 heavy (non-hydrogen) atoms. The van der Waals surface area contributed by atoms with Gasteiger partial charge in [0, 0.05) is 17.6 Å². The number of rotatable bonds is 6. The molecule has 1 aliphatic carbocycles. The fourth-order valence-electron chi connectivity index (χ4n) is 2.93. The van der Waals surface area contributed by atoms with Crippen LogP contribution >= 0.6 is 11.6 Å². The minimum Gasteiger partial charge on any atom is -0.352 e. The number of halogens is 1. The second-order valence-corrected chi connectivity index (χ2v) is 6.75. The van der Waals surface area contributed by atoms with Crippen LogP contribution in [0.4, 0.5) is 0 Å². The molecule has 1 heterocycles. The minimum atomic E-state index is -0.160. The van der Waals surface area contributed by atoms with E-state index < -0.39 is 0 Å². The summed E-state index contributed by atoms with van der Waals surface area (Å²) in [5.41, 5.74) is 0.968. The molecular weight excluding hydrogens is 314 g/mol. The predicted octanol–water partition coefficient (Wildman–Crippen LogP) is 1.70. The van der Waals surface area contributed by atoms with E-state index in [-0.39, 0.29) is 24.4 Å². The summed E-state index contributed by atoms with van der Waals surface area (Å²) in [6.07, 6.45) is 3.96. The number of nitrogens with one attached hydrogen (secondary N) is 2. The highest BCUT2D eigenvalue weighted by Crippen LogP contribution is 2.22. The zero-order valence-electron chi connectivity index (χ0n) is 13.1. The van der Waals surface area contributed by atoms with Gasteiger partial charge in [-0.05, 0) is 49.9 Å². The standard InChI is InChI=1S/C17H22ClN3O2/c18-13-4-1-3-12(9-13)10-19-16(22)11-21-8-2-5-15(21)17(23)20-14-6-7-14/h1,3-4,9,14-15H,2,5-8,10-11H2,(H,19,22)(H,20,23). The Morgan fingerprint density at radius 2 is 2.09 bits per heavy atom. The Hall–Kier alpha value is -1.59. The van der Waals surface area contributed by atoms with E-state index in [4.69, 9.17) is 11.6 Å². The van der Waals surface area contributed by atoms with Crippen molar-refractivity contribution in [1.82, 2.24) is 15.5 Å². The highest BCUT2D eigenvalue weighted by Gasteiger charge is 2.34. The molecule has 1 atom stereocenters. The van der Waals surface area contributed by atoms with E-state index in [1.54, 1.807) is 6.07 Å². The van der Waals surface area contributed by atoms with Crippen molar-refractivity contribution in [3.63, 3.8) is 0 Å². The molecule has 2 amide bonds. The first-order valence-corrected chi connectivity index (χ1v) is 8.55. The number of benzene rings is 1. The van der Waals surface area contributed by atoms with Gasteiger partial charge in [0.2, 0.25) is 11.8 Å². The molecule has 124 valence electrons. The van der Waals surface area contributed by atoms with Gasteiger partial charge in [-0.25, -0.2) is 0 Å². The summed E-state index contributed by atoms with van der Waals surface area (Å²) in [4.78, 5) is 26.3. The van der Waals surface area contributed by atoms with Crippen LogP contribution in [-0.2, 0) is 16.1 Å². The molecule has 1 saturated heterocycles. The third-order valence-electron chi connectivity index (χ3n) is 4.32. The molecule has 1 unspecified atom stereocenters. The van der Waals surface area contributed by atoms with Crippen molar-refractivity contribution in [3.8, 4) is 0 Å². The Labute approximate surface area is 141 Å². The number of hydrogen-bond donors (Lipinski definition) is 2. The molecule has 1 aromatic rings. The zero-order valence-corrected chi connectivity index (χ0v) is 13.8. The van der Waals surface area contributed by atoms with Crippen LogP contribution < -0.4 is 10.6 Å². The van der Waals surface area contributed by atoms with Crippen LogP contribution in [0.25, 0.3) is 0 Å². The third kappa shape index (κ3) is 4.69. The highest BCUT2D eigenvalue weighted by molar-refractivity contribution is 6.30. The lowest BCUT2D eigenvalue weighted by atomic mass is 10.2. The normalized spacial score (nSPS) is 21.2. The Balaban J connectivity index is 1.47. The van der Waals surface area contributed by atoms with Gasteiger partial charge in [0.25, 0.3) is 0 Å². The molecule has 0 radical (unpaired) electrons. The molecule has 6 heteroatoms. The highest BCUT2D eigenvalue weighted by atomic mass is 35.5. The van der Waals surface area contributed by atoms with Crippen molar-refractivity contribution in [2.45, 2.75) is 44.3 Å². The number of hydrogen-bond acceptors (Lipinski definition) is 3. The molecule has 5 nitrogen and oxygen atoms in total. The summed E-state index contributed by atoms with van der Waals surface area (Å²) in [7, 11) is 0. The minimum absolute atomic E-state index is 0.0592. The summed E-state index contributed by atoms with van der Waals surface area (Å²) in [5.74, 6) is 0.0174. The van der Waals surface area contributed by atoms with E-state index in [0.717, 1.165) is 37.8 Å². The predicted molar refractivity (Wildman–Crippen MR) is 89.1 cm³/mol. The van der Waals surface area contributed by atoms with E-state index in [0.29, 0.717) is 17.6 Å². The van der Waals surface area contributed by atoms with E-state index in [9.17, 15) is 9.59 Å². The maximum atomic E-state index is 12.2. The van der Waals surface area contributed by atoms with E-state index in [2.05, 4.69) is 10.6 Å². The van der Waals surface area contributed by atoms with Crippen molar-refractivity contribution < 1.29 is 9.59 Å². The van der Waals surface area contributed by atoms with Gasteiger partial charge in [0.05, 0.1) is 12.6 Å². The second-order valence-electron chi connectivity index (χ2n) is 6.32. The fourth-order valence-corrected chi connectivity index (χ4v) is 3.14.